The van der Waals surface area contributed by atoms with E-state index in [1.54, 1.807) is 4.68 Å². The average molecular weight is 432 g/mol. The van der Waals surface area contributed by atoms with E-state index in [1.165, 1.54) is 23.1 Å². The van der Waals surface area contributed by atoms with E-state index in [1.807, 2.05) is 43.3 Å². The van der Waals surface area contributed by atoms with Gasteiger partial charge in [0.15, 0.2) is 14.1 Å². The summed E-state index contributed by atoms with van der Waals surface area (Å²) in [6.07, 6.45) is 1.11. The number of ketones is 1. The lowest BCUT2D eigenvalue weighted by Gasteiger charge is -2.11. The summed E-state index contributed by atoms with van der Waals surface area (Å²) < 4.78 is 5.51. The summed E-state index contributed by atoms with van der Waals surface area (Å²) in [6.45, 7) is 9.52. The van der Waals surface area contributed by atoms with Gasteiger partial charge in [0.05, 0.1) is 11.4 Å². The van der Waals surface area contributed by atoms with Crippen molar-refractivity contribution in [1.29, 1.82) is 0 Å². The van der Waals surface area contributed by atoms with Gasteiger partial charge in [-0.25, -0.2) is 4.68 Å². The Morgan fingerprint density at radius 2 is 1.96 bits per heavy atom. The summed E-state index contributed by atoms with van der Waals surface area (Å²) in [5.74, 6) is 1.15. The molecule has 3 aromatic rings. The molecule has 0 N–H and O–H groups in total. The molecule has 1 aromatic carbocycles. The largest absolute Gasteiger partial charge is 0.348 e. The van der Waals surface area contributed by atoms with Crippen LogP contribution >= 0.6 is 35.3 Å². The summed E-state index contributed by atoms with van der Waals surface area (Å²) in [5, 5.41) is 4.58. The molecule has 3 rings (SSSR count). The van der Waals surface area contributed by atoms with Gasteiger partial charge in [-0.3, -0.25) is 4.79 Å². The quantitative estimate of drug-likeness (QED) is 0.245. The highest BCUT2D eigenvalue weighted by Crippen LogP contribution is 2.26. The number of para-hydroxylation sites is 1. The zero-order valence-electron chi connectivity index (χ0n) is 16.6. The standard InChI is InChI=1S/C21H25N3OS3/c1-14(2)10-11-23-15(3)12-18(16(23)4)19(25)13-27-20-22-24(21(26)28-20)17-8-6-5-7-9-17/h5-9,12,14H,10-11,13H2,1-4H3. The smallest absolute Gasteiger partial charge is 0.184 e. The molecule has 2 heterocycles. The van der Waals surface area contributed by atoms with Crippen molar-refractivity contribution in [3.05, 3.63) is 57.3 Å². The first-order valence-corrected chi connectivity index (χ1v) is 11.6. The molecule has 0 radical (unpaired) electrons. The number of aryl methyl sites for hydroxylation is 1. The van der Waals surface area contributed by atoms with Gasteiger partial charge >= 0.3 is 0 Å². The van der Waals surface area contributed by atoms with E-state index >= 15 is 0 Å². The van der Waals surface area contributed by atoms with Crippen LogP contribution in [0, 0.1) is 23.7 Å². The second-order valence-corrected chi connectivity index (χ2v) is 10.1. The SMILES string of the molecule is Cc1cc(C(=O)CSc2nn(-c3ccccc3)c(=S)s2)c(C)n1CCC(C)C. The Labute approximate surface area is 179 Å². The first kappa shape index (κ1) is 21.0. The van der Waals surface area contributed by atoms with Crippen molar-refractivity contribution in [2.45, 2.75) is 45.0 Å². The molecule has 28 heavy (non-hydrogen) atoms. The van der Waals surface area contributed by atoms with Gasteiger partial charge in [0.1, 0.15) is 0 Å². The first-order chi connectivity index (χ1) is 13.4. The van der Waals surface area contributed by atoms with Crippen LogP contribution in [0.15, 0.2) is 40.7 Å². The van der Waals surface area contributed by atoms with Crippen LogP contribution in [0.2, 0.25) is 0 Å². The molecule has 0 amide bonds. The minimum Gasteiger partial charge on any atom is -0.348 e. The van der Waals surface area contributed by atoms with Gasteiger partial charge in [-0.2, -0.15) is 0 Å². The number of nitrogens with zero attached hydrogens (tertiary/aromatic N) is 3. The predicted octanol–water partition coefficient (Wildman–Crippen LogP) is 6.10. The van der Waals surface area contributed by atoms with Crippen LogP contribution in [0.1, 0.15) is 42.0 Å². The Bertz CT molecular complexity index is 1020. The Kier molecular flexibility index (Phi) is 6.91. The fourth-order valence-corrected chi connectivity index (χ4v) is 5.32. The minimum absolute atomic E-state index is 0.140. The van der Waals surface area contributed by atoms with Gasteiger partial charge in [-0.1, -0.05) is 55.1 Å². The van der Waals surface area contributed by atoms with E-state index in [4.69, 9.17) is 12.2 Å². The summed E-state index contributed by atoms with van der Waals surface area (Å²) in [7, 11) is 0. The number of hydrogen-bond acceptors (Lipinski definition) is 5. The number of hydrogen-bond donors (Lipinski definition) is 0. The fourth-order valence-electron chi connectivity index (χ4n) is 3.07. The van der Waals surface area contributed by atoms with Gasteiger partial charge < -0.3 is 4.57 Å². The van der Waals surface area contributed by atoms with Crippen molar-refractivity contribution in [3.8, 4) is 5.69 Å². The molecule has 0 atom stereocenters. The molecule has 0 unspecified atom stereocenters. The van der Waals surface area contributed by atoms with Crippen molar-refractivity contribution in [3.63, 3.8) is 0 Å². The maximum absolute atomic E-state index is 12.8. The normalized spacial score (nSPS) is 11.3. The molecule has 148 valence electrons. The highest BCUT2D eigenvalue weighted by Gasteiger charge is 2.17. The van der Waals surface area contributed by atoms with E-state index in [2.05, 4.69) is 30.4 Å². The number of benzene rings is 1. The number of carbonyl (C=O) groups excluding carboxylic acids is 1. The molecule has 4 nitrogen and oxygen atoms in total. The van der Waals surface area contributed by atoms with Crippen molar-refractivity contribution in [2.75, 3.05) is 5.75 Å². The van der Waals surface area contributed by atoms with Crippen LogP contribution in [-0.2, 0) is 6.54 Å². The molecule has 0 aliphatic heterocycles. The van der Waals surface area contributed by atoms with Crippen molar-refractivity contribution in [1.82, 2.24) is 14.3 Å². The van der Waals surface area contributed by atoms with Gasteiger partial charge in [0, 0.05) is 23.5 Å². The number of carbonyl (C=O) groups is 1. The van der Waals surface area contributed by atoms with Crippen LogP contribution in [-0.4, -0.2) is 25.9 Å². The third-order valence-corrected chi connectivity index (χ3v) is 7.03. The molecule has 2 aromatic heterocycles. The maximum atomic E-state index is 12.8. The Morgan fingerprint density at radius 1 is 1.25 bits per heavy atom. The summed E-state index contributed by atoms with van der Waals surface area (Å²) in [6, 6.07) is 11.8. The molecular weight excluding hydrogens is 406 g/mol. The second kappa shape index (κ2) is 9.20. The number of rotatable bonds is 8. The van der Waals surface area contributed by atoms with Crippen molar-refractivity contribution >= 4 is 41.1 Å². The molecule has 0 saturated heterocycles. The van der Waals surface area contributed by atoms with E-state index in [-0.39, 0.29) is 5.78 Å². The Balaban J connectivity index is 1.70. The van der Waals surface area contributed by atoms with Crippen LogP contribution in [0.4, 0.5) is 0 Å². The fraction of sp³-hybridized carbons (Fsp3) is 0.381. The molecule has 0 spiro atoms. The summed E-state index contributed by atoms with van der Waals surface area (Å²) >= 11 is 8.34. The van der Waals surface area contributed by atoms with Crippen LogP contribution < -0.4 is 0 Å². The number of thioether (sulfide) groups is 1. The predicted molar refractivity (Wildman–Crippen MR) is 121 cm³/mol. The molecule has 0 fully saturated rings. The number of Topliss-reactive ketones (excluding diaryl/α,β-unsaturated/α-hetero) is 1. The topological polar surface area (TPSA) is 39.8 Å². The monoisotopic (exact) mass is 431 g/mol. The minimum atomic E-state index is 0.140. The highest BCUT2D eigenvalue weighted by atomic mass is 32.2. The van der Waals surface area contributed by atoms with Gasteiger partial charge in [-0.05, 0) is 56.6 Å². The third kappa shape index (κ3) is 4.82. The van der Waals surface area contributed by atoms with Crippen LogP contribution in [0.25, 0.3) is 5.69 Å². The lowest BCUT2D eigenvalue weighted by molar-refractivity contribution is 0.102. The molecular formula is C21H25N3OS3. The first-order valence-electron chi connectivity index (χ1n) is 9.35. The third-order valence-electron chi connectivity index (χ3n) is 4.66. The van der Waals surface area contributed by atoms with Gasteiger partial charge in [0.2, 0.25) is 0 Å². The Hall–Kier alpha value is -1.70. The van der Waals surface area contributed by atoms with E-state index in [0.717, 1.165) is 39.9 Å². The van der Waals surface area contributed by atoms with E-state index < -0.39 is 0 Å². The van der Waals surface area contributed by atoms with Crippen LogP contribution in [0.3, 0.4) is 0 Å². The molecule has 0 bridgehead atoms. The van der Waals surface area contributed by atoms with Crippen LogP contribution in [0.5, 0.6) is 0 Å². The van der Waals surface area contributed by atoms with Crippen molar-refractivity contribution in [2.24, 2.45) is 5.92 Å². The molecule has 7 heteroatoms. The van der Waals surface area contributed by atoms with E-state index in [0.29, 0.717) is 15.6 Å². The molecule has 0 aliphatic carbocycles. The van der Waals surface area contributed by atoms with E-state index in [9.17, 15) is 4.79 Å². The summed E-state index contributed by atoms with van der Waals surface area (Å²) in [4.78, 5) is 12.8. The highest BCUT2D eigenvalue weighted by molar-refractivity contribution is 8.01. The summed E-state index contributed by atoms with van der Waals surface area (Å²) in [5.41, 5.74) is 3.97. The lowest BCUT2D eigenvalue weighted by Crippen LogP contribution is -2.08. The zero-order chi connectivity index (χ0) is 20.3. The second-order valence-electron chi connectivity index (χ2n) is 7.21. The lowest BCUT2D eigenvalue weighted by atomic mass is 10.1. The van der Waals surface area contributed by atoms with Gasteiger partial charge in [-0.15, -0.1) is 5.10 Å². The van der Waals surface area contributed by atoms with Gasteiger partial charge in [0.25, 0.3) is 0 Å². The maximum Gasteiger partial charge on any atom is 0.184 e. The zero-order valence-corrected chi connectivity index (χ0v) is 19.1. The molecule has 0 saturated carbocycles. The Morgan fingerprint density at radius 3 is 2.64 bits per heavy atom. The number of aromatic nitrogens is 3. The van der Waals surface area contributed by atoms with Crippen molar-refractivity contribution < 1.29 is 4.79 Å². The average Bonchev–Trinajstić information content (AvgIpc) is 3.18. The molecule has 0 aliphatic rings.